The summed E-state index contributed by atoms with van der Waals surface area (Å²) in [6.45, 7) is 19.7. The number of fused-ring (bicyclic) bond motifs is 9. The second-order valence-corrected chi connectivity index (χ2v) is 17.2. The topological polar surface area (TPSA) is 13.1 Å². The van der Waals surface area contributed by atoms with Crippen LogP contribution in [0.3, 0.4) is 0 Å². The number of hydrogen-bond donors (Lipinski definition) is 0. The molecule has 0 bridgehead atoms. The molecule has 1 aromatic heterocycles. The van der Waals surface area contributed by atoms with E-state index in [0.717, 1.165) is 17.6 Å². The summed E-state index contributed by atoms with van der Waals surface area (Å²) < 4.78 is 5.79. The number of hydrogen-bond acceptors (Lipinski definition) is 1. The molecule has 1 nitrogen and oxygen atoms in total. The highest BCUT2D eigenvalue weighted by Crippen LogP contribution is 2.52. The van der Waals surface area contributed by atoms with Gasteiger partial charge in [-0.1, -0.05) is 225 Å². The minimum atomic E-state index is 0.0888. The zero-order valence-corrected chi connectivity index (χ0v) is 38.0. The second-order valence-electron chi connectivity index (χ2n) is 17.2. The predicted molar refractivity (Wildman–Crippen MR) is 270 cm³/mol. The molecule has 1 heteroatoms. The van der Waals surface area contributed by atoms with Crippen molar-refractivity contribution in [3.63, 3.8) is 0 Å². The lowest BCUT2D eigenvalue weighted by molar-refractivity contribution is 0.659. The van der Waals surface area contributed by atoms with Crippen molar-refractivity contribution in [2.45, 2.75) is 74.1 Å². The highest BCUT2D eigenvalue weighted by Gasteiger charge is 2.36. The molecule has 0 aliphatic heterocycles. The third-order valence-electron chi connectivity index (χ3n) is 12.0. The largest absolute Gasteiger partial charge is 0.456 e. The van der Waals surface area contributed by atoms with Crippen LogP contribution >= 0.6 is 0 Å². The molecule has 1 heterocycles. The summed E-state index contributed by atoms with van der Waals surface area (Å²) in [6, 6.07) is 66.2. The van der Waals surface area contributed by atoms with E-state index < -0.39 is 0 Å². The smallest absolute Gasteiger partial charge is 0.135 e. The predicted octanol–water partition coefficient (Wildman–Crippen LogP) is 17.4. The number of para-hydroxylation sites is 1. The van der Waals surface area contributed by atoms with Crippen molar-refractivity contribution < 1.29 is 4.42 Å². The van der Waals surface area contributed by atoms with Crippen molar-refractivity contribution in [3.05, 3.63) is 238 Å². The third kappa shape index (κ3) is 9.75. The summed E-state index contributed by atoms with van der Waals surface area (Å²) in [7, 11) is 0. The number of rotatable bonds is 1. The Labute approximate surface area is 369 Å². The molecule has 310 valence electrons. The zero-order valence-electron chi connectivity index (χ0n) is 38.0. The quantitative estimate of drug-likeness (QED) is 0.161. The first-order chi connectivity index (χ1) is 29.9. The van der Waals surface area contributed by atoms with E-state index in [9.17, 15) is 0 Å². The van der Waals surface area contributed by atoms with Crippen LogP contribution in [0.15, 0.2) is 192 Å². The van der Waals surface area contributed by atoms with E-state index in [1.807, 2.05) is 36.4 Å². The van der Waals surface area contributed by atoms with Gasteiger partial charge in [-0.2, -0.15) is 0 Å². The van der Waals surface area contributed by atoms with Gasteiger partial charge < -0.3 is 4.42 Å². The Kier molecular flexibility index (Phi) is 13.5. The van der Waals surface area contributed by atoms with Crippen molar-refractivity contribution in [2.24, 2.45) is 0 Å². The van der Waals surface area contributed by atoms with Gasteiger partial charge in [-0.25, -0.2) is 0 Å². The third-order valence-corrected chi connectivity index (χ3v) is 12.0. The molecule has 0 radical (unpaired) electrons. The molecule has 0 fully saturated rings. The lowest BCUT2D eigenvalue weighted by Crippen LogP contribution is -2.15. The lowest BCUT2D eigenvalue weighted by Gasteiger charge is -2.22. The fraction of sp³-hybridized carbons (Fsp3) is 0.180. The molecule has 0 spiro atoms. The Morgan fingerprint density at radius 2 is 0.935 bits per heavy atom. The van der Waals surface area contributed by atoms with Crippen LogP contribution in [0.2, 0.25) is 0 Å². The van der Waals surface area contributed by atoms with E-state index in [2.05, 4.69) is 214 Å². The molecule has 62 heavy (non-hydrogen) atoms. The Bertz CT molecular complexity index is 3050. The van der Waals surface area contributed by atoms with Gasteiger partial charge in [0.1, 0.15) is 11.2 Å². The molecular weight excluding hydrogens is 749 g/mol. The normalized spacial score (nSPS) is 11.8. The molecule has 1 aliphatic rings. The highest BCUT2D eigenvalue weighted by atomic mass is 16.3. The van der Waals surface area contributed by atoms with E-state index in [1.54, 1.807) is 0 Å². The molecule has 0 unspecified atom stereocenters. The molecular formula is C61H60O. The van der Waals surface area contributed by atoms with Gasteiger partial charge in [-0.05, 0) is 115 Å². The lowest BCUT2D eigenvalue weighted by atomic mass is 9.81. The standard InChI is InChI=1S/C21H20.C14H12O.C11H10.C8H10.C7H8/c1-13-9-10-17-18(11-13)21(3,4)19-12-14(2)15-7-5-6-8-16(15)20(17)19;1-2-10-6-5-9-13-14(10)11-7-3-4-8-12(11)15-13;1-9-6-7-10-4-2-3-5-11(10)8-9;1-7-3-5-8(2)6-4-7;1-7-5-3-2-4-6-7/h5-12H,1-4H3;3-9H,2H2,1H3;2-8H,1H3;3-6H,1-2H3;2-6H,1H3. The fourth-order valence-electron chi connectivity index (χ4n) is 8.50. The number of aryl methyl sites for hydroxylation is 7. The van der Waals surface area contributed by atoms with Crippen LogP contribution in [0.25, 0.3) is 54.6 Å². The van der Waals surface area contributed by atoms with E-state index in [4.69, 9.17) is 4.42 Å². The van der Waals surface area contributed by atoms with Gasteiger partial charge in [0.2, 0.25) is 0 Å². The molecule has 9 aromatic carbocycles. The van der Waals surface area contributed by atoms with Gasteiger partial charge in [0.15, 0.2) is 0 Å². The Hall–Kier alpha value is -6.70. The first-order valence-electron chi connectivity index (χ1n) is 22.0. The number of benzene rings is 9. The zero-order chi connectivity index (χ0) is 43.8. The molecule has 11 rings (SSSR count). The van der Waals surface area contributed by atoms with Gasteiger partial charge in [-0.15, -0.1) is 0 Å². The van der Waals surface area contributed by atoms with Crippen LogP contribution in [0.4, 0.5) is 0 Å². The molecule has 10 aromatic rings. The summed E-state index contributed by atoms with van der Waals surface area (Å²) in [6.07, 6.45) is 1.04. The molecule has 0 N–H and O–H groups in total. The maximum absolute atomic E-state index is 5.79. The maximum atomic E-state index is 5.79. The van der Waals surface area contributed by atoms with Gasteiger partial charge in [0.25, 0.3) is 0 Å². The maximum Gasteiger partial charge on any atom is 0.135 e. The summed E-state index contributed by atoms with van der Waals surface area (Å²) in [5.74, 6) is 0. The molecule has 0 saturated heterocycles. The minimum Gasteiger partial charge on any atom is -0.456 e. The number of furan rings is 1. The van der Waals surface area contributed by atoms with Crippen molar-refractivity contribution in [3.8, 4) is 11.1 Å². The monoisotopic (exact) mass is 808 g/mol. The van der Waals surface area contributed by atoms with Gasteiger partial charge in [-0.3, -0.25) is 0 Å². The summed E-state index contributed by atoms with van der Waals surface area (Å²) in [5.41, 5.74) is 17.2. The van der Waals surface area contributed by atoms with Crippen molar-refractivity contribution in [1.29, 1.82) is 0 Å². The van der Waals surface area contributed by atoms with Crippen LogP contribution in [0, 0.1) is 41.5 Å². The Morgan fingerprint density at radius 3 is 1.60 bits per heavy atom. The van der Waals surface area contributed by atoms with Gasteiger partial charge in [0.05, 0.1) is 0 Å². The van der Waals surface area contributed by atoms with Gasteiger partial charge >= 0.3 is 0 Å². The van der Waals surface area contributed by atoms with Crippen LogP contribution in [-0.4, -0.2) is 0 Å². The summed E-state index contributed by atoms with van der Waals surface area (Å²) in [5, 5.41) is 7.91. The molecule has 0 amide bonds. The fourth-order valence-corrected chi connectivity index (χ4v) is 8.50. The van der Waals surface area contributed by atoms with Crippen LogP contribution in [0.1, 0.15) is 70.8 Å². The highest BCUT2D eigenvalue weighted by molar-refractivity contribution is 6.07. The molecule has 1 aliphatic carbocycles. The van der Waals surface area contributed by atoms with Crippen LogP contribution in [-0.2, 0) is 11.8 Å². The molecule has 0 atom stereocenters. The van der Waals surface area contributed by atoms with Crippen LogP contribution < -0.4 is 0 Å². The van der Waals surface area contributed by atoms with Crippen molar-refractivity contribution >= 4 is 43.5 Å². The van der Waals surface area contributed by atoms with E-state index in [-0.39, 0.29) is 5.41 Å². The SMILES string of the molecule is CCc1cccc2oc3ccccc3c12.Cc1ccc(C)cc1.Cc1ccc2c(c1)C(C)(C)c1cc(C)c3ccccc3c1-2.Cc1ccc2ccccc2c1.Cc1ccccc1. The van der Waals surface area contributed by atoms with E-state index in [0.29, 0.717) is 0 Å². The average molecular weight is 809 g/mol. The summed E-state index contributed by atoms with van der Waals surface area (Å²) in [4.78, 5) is 0. The average Bonchev–Trinajstić information content (AvgIpc) is 3.77. The van der Waals surface area contributed by atoms with E-state index in [1.165, 1.54) is 93.5 Å². The Morgan fingerprint density at radius 1 is 0.403 bits per heavy atom. The van der Waals surface area contributed by atoms with Crippen molar-refractivity contribution in [1.82, 2.24) is 0 Å². The second kappa shape index (κ2) is 19.3. The molecule has 0 saturated carbocycles. The van der Waals surface area contributed by atoms with E-state index >= 15 is 0 Å². The first kappa shape index (κ1) is 43.4. The minimum absolute atomic E-state index is 0.0888. The van der Waals surface area contributed by atoms with Gasteiger partial charge in [0, 0.05) is 16.2 Å². The Balaban J connectivity index is 0.000000124. The summed E-state index contributed by atoms with van der Waals surface area (Å²) >= 11 is 0. The first-order valence-corrected chi connectivity index (χ1v) is 22.0. The van der Waals surface area contributed by atoms with Crippen LogP contribution in [0.5, 0.6) is 0 Å². The van der Waals surface area contributed by atoms with Crippen molar-refractivity contribution in [2.75, 3.05) is 0 Å².